The van der Waals surface area contributed by atoms with E-state index in [1.165, 1.54) is 6.42 Å². The first-order chi connectivity index (χ1) is 7.61. The summed E-state index contributed by atoms with van der Waals surface area (Å²) in [7, 11) is 0. The fourth-order valence-electron chi connectivity index (χ4n) is 2.65. The van der Waals surface area contributed by atoms with Gasteiger partial charge in [-0.2, -0.15) is 0 Å². The van der Waals surface area contributed by atoms with Gasteiger partial charge in [0.15, 0.2) is 0 Å². The summed E-state index contributed by atoms with van der Waals surface area (Å²) < 4.78 is 0. The van der Waals surface area contributed by atoms with Gasteiger partial charge in [-0.15, -0.1) is 12.4 Å². The van der Waals surface area contributed by atoms with E-state index in [4.69, 9.17) is 5.73 Å². The van der Waals surface area contributed by atoms with Gasteiger partial charge in [-0.05, 0) is 39.0 Å². The van der Waals surface area contributed by atoms with Gasteiger partial charge in [0.2, 0.25) is 5.91 Å². The molecular formula is C13H27ClN2O. The van der Waals surface area contributed by atoms with Gasteiger partial charge in [0.25, 0.3) is 0 Å². The molecule has 0 radical (unpaired) electrons. The number of hydrogen-bond acceptors (Lipinski definition) is 2. The Morgan fingerprint density at radius 2 is 1.94 bits per heavy atom. The molecule has 1 rings (SSSR count). The zero-order valence-electron chi connectivity index (χ0n) is 11.3. The van der Waals surface area contributed by atoms with Crippen LogP contribution < -0.4 is 5.73 Å². The first-order valence-corrected chi connectivity index (χ1v) is 6.67. The molecule has 1 heterocycles. The molecule has 0 bridgehead atoms. The summed E-state index contributed by atoms with van der Waals surface area (Å²) in [6.07, 6.45) is 5.30. The van der Waals surface area contributed by atoms with E-state index in [2.05, 4.69) is 13.8 Å². The van der Waals surface area contributed by atoms with Crippen LogP contribution in [0, 0.1) is 5.92 Å². The van der Waals surface area contributed by atoms with Crippen molar-refractivity contribution >= 4 is 18.3 Å². The summed E-state index contributed by atoms with van der Waals surface area (Å²) >= 11 is 0. The summed E-state index contributed by atoms with van der Waals surface area (Å²) in [5.41, 5.74) is 5.98. The number of carbonyl (C=O) groups excluding carboxylic acids is 1. The van der Waals surface area contributed by atoms with Crippen LogP contribution in [0.4, 0.5) is 0 Å². The largest absolute Gasteiger partial charge is 0.338 e. The van der Waals surface area contributed by atoms with Crippen LogP contribution in [0.2, 0.25) is 0 Å². The molecule has 1 fully saturated rings. The molecule has 17 heavy (non-hydrogen) atoms. The summed E-state index contributed by atoms with van der Waals surface area (Å²) in [4.78, 5) is 14.4. The number of nitrogens with zero attached hydrogens (tertiary/aromatic N) is 1. The maximum Gasteiger partial charge on any atom is 0.225 e. The lowest BCUT2D eigenvalue weighted by atomic mass is 9.93. The van der Waals surface area contributed by atoms with Crippen molar-refractivity contribution in [2.75, 3.05) is 6.54 Å². The standard InChI is InChI=1S/C13H26N2O.ClH/c1-4-11(5-2)13(16)15-9-7-6-8-12(15)10(3)14;/h10-12H,4-9,14H2,1-3H3;1H. The number of hydrogen-bond donors (Lipinski definition) is 1. The fourth-order valence-corrected chi connectivity index (χ4v) is 2.65. The summed E-state index contributed by atoms with van der Waals surface area (Å²) in [6.45, 7) is 7.11. The molecule has 2 N–H and O–H groups in total. The van der Waals surface area contributed by atoms with Crippen LogP contribution in [0.3, 0.4) is 0 Å². The molecule has 102 valence electrons. The molecule has 2 atom stereocenters. The normalized spacial score (nSPS) is 22.2. The van der Waals surface area contributed by atoms with E-state index in [1.807, 2.05) is 11.8 Å². The van der Waals surface area contributed by atoms with Crippen LogP contribution in [0.5, 0.6) is 0 Å². The van der Waals surface area contributed by atoms with E-state index < -0.39 is 0 Å². The number of carbonyl (C=O) groups is 1. The van der Waals surface area contributed by atoms with Crippen molar-refractivity contribution in [2.24, 2.45) is 11.7 Å². The highest BCUT2D eigenvalue weighted by atomic mass is 35.5. The van der Waals surface area contributed by atoms with Crippen molar-refractivity contribution in [2.45, 2.75) is 65.0 Å². The monoisotopic (exact) mass is 262 g/mol. The minimum absolute atomic E-state index is 0. The quantitative estimate of drug-likeness (QED) is 0.847. The lowest BCUT2D eigenvalue weighted by Gasteiger charge is -2.39. The zero-order chi connectivity index (χ0) is 12.1. The Kier molecular flexibility index (Phi) is 7.80. The second kappa shape index (κ2) is 7.93. The van der Waals surface area contributed by atoms with Gasteiger partial charge in [0, 0.05) is 24.5 Å². The zero-order valence-corrected chi connectivity index (χ0v) is 12.1. The lowest BCUT2D eigenvalue weighted by Crippen LogP contribution is -2.53. The number of halogens is 1. The molecule has 4 heteroatoms. The Balaban J connectivity index is 0.00000256. The Labute approximate surface area is 112 Å². The molecular weight excluding hydrogens is 236 g/mol. The van der Waals surface area contributed by atoms with Crippen LogP contribution >= 0.6 is 12.4 Å². The highest BCUT2D eigenvalue weighted by molar-refractivity contribution is 5.85. The second-order valence-corrected chi connectivity index (χ2v) is 4.97. The molecule has 1 amide bonds. The molecule has 0 aromatic rings. The minimum atomic E-state index is 0. The molecule has 0 aliphatic carbocycles. The molecule has 0 aromatic heterocycles. The maximum absolute atomic E-state index is 12.3. The van der Waals surface area contributed by atoms with Crippen molar-refractivity contribution in [3.05, 3.63) is 0 Å². The van der Waals surface area contributed by atoms with Crippen molar-refractivity contribution in [1.29, 1.82) is 0 Å². The Bertz CT molecular complexity index is 229. The number of amides is 1. The molecule has 0 saturated carbocycles. The molecule has 1 saturated heterocycles. The lowest BCUT2D eigenvalue weighted by molar-refractivity contribution is -0.140. The van der Waals surface area contributed by atoms with Crippen LogP contribution in [0.1, 0.15) is 52.9 Å². The molecule has 3 nitrogen and oxygen atoms in total. The van der Waals surface area contributed by atoms with Crippen LogP contribution in [-0.4, -0.2) is 29.4 Å². The van der Waals surface area contributed by atoms with Gasteiger partial charge in [-0.25, -0.2) is 0 Å². The van der Waals surface area contributed by atoms with Crippen molar-refractivity contribution in [3.8, 4) is 0 Å². The van der Waals surface area contributed by atoms with Gasteiger partial charge in [0.05, 0.1) is 0 Å². The van der Waals surface area contributed by atoms with Gasteiger partial charge in [-0.1, -0.05) is 13.8 Å². The van der Waals surface area contributed by atoms with Crippen molar-refractivity contribution < 1.29 is 4.79 Å². The minimum Gasteiger partial charge on any atom is -0.338 e. The third kappa shape index (κ3) is 4.14. The number of likely N-dealkylation sites (tertiary alicyclic amines) is 1. The average molecular weight is 263 g/mol. The predicted molar refractivity (Wildman–Crippen MR) is 74.3 cm³/mol. The van der Waals surface area contributed by atoms with E-state index in [-0.39, 0.29) is 30.4 Å². The third-order valence-corrected chi connectivity index (χ3v) is 3.77. The van der Waals surface area contributed by atoms with Gasteiger partial charge < -0.3 is 10.6 Å². The van der Waals surface area contributed by atoms with E-state index in [0.29, 0.717) is 5.91 Å². The Hall–Kier alpha value is -0.280. The SMILES string of the molecule is CCC(CC)C(=O)N1CCCCC1C(C)N.Cl. The summed E-state index contributed by atoms with van der Waals surface area (Å²) in [6, 6.07) is 0.362. The Morgan fingerprint density at radius 3 is 2.41 bits per heavy atom. The topological polar surface area (TPSA) is 46.3 Å². The third-order valence-electron chi connectivity index (χ3n) is 3.77. The van der Waals surface area contributed by atoms with Crippen molar-refractivity contribution in [3.63, 3.8) is 0 Å². The first kappa shape index (κ1) is 16.7. The summed E-state index contributed by atoms with van der Waals surface area (Å²) in [5.74, 6) is 0.520. The average Bonchev–Trinajstić information content (AvgIpc) is 2.30. The molecule has 1 aliphatic heterocycles. The van der Waals surface area contributed by atoms with Gasteiger partial charge in [-0.3, -0.25) is 4.79 Å². The number of nitrogens with two attached hydrogens (primary N) is 1. The molecule has 2 unspecified atom stereocenters. The molecule has 0 aromatic carbocycles. The van der Waals surface area contributed by atoms with E-state index in [9.17, 15) is 4.79 Å². The number of piperidine rings is 1. The summed E-state index contributed by atoms with van der Waals surface area (Å²) in [5, 5.41) is 0. The van der Waals surface area contributed by atoms with Crippen LogP contribution in [0.15, 0.2) is 0 Å². The van der Waals surface area contributed by atoms with E-state index in [1.54, 1.807) is 0 Å². The smallest absolute Gasteiger partial charge is 0.225 e. The highest BCUT2D eigenvalue weighted by Crippen LogP contribution is 2.23. The van der Waals surface area contributed by atoms with E-state index >= 15 is 0 Å². The van der Waals surface area contributed by atoms with Gasteiger partial charge >= 0.3 is 0 Å². The van der Waals surface area contributed by atoms with E-state index in [0.717, 1.165) is 32.2 Å². The van der Waals surface area contributed by atoms with Crippen LogP contribution in [-0.2, 0) is 4.79 Å². The van der Waals surface area contributed by atoms with Gasteiger partial charge in [0.1, 0.15) is 0 Å². The van der Waals surface area contributed by atoms with Crippen LogP contribution in [0.25, 0.3) is 0 Å². The first-order valence-electron chi connectivity index (χ1n) is 6.67. The molecule has 0 spiro atoms. The highest BCUT2D eigenvalue weighted by Gasteiger charge is 2.31. The molecule has 1 aliphatic rings. The Morgan fingerprint density at radius 1 is 1.35 bits per heavy atom. The second-order valence-electron chi connectivity index (χ2n) is 4.97. The fraction of sp³-hybridized carbons (Fsp3) is 0.923. The number of rotatable bonds is 4. The maximum atomic E-state index is 12.3. The predicted octanol–water partition coefficient (Wildman–Crippen LogP) is 2.57. The van der Waals surface area contributed by atoms with Crippen molar-refractivity contribution in [1.82, 2.24) is 4.90 Å².